The van der Waals surface area contributed by atoms with Gasteiger partial charge in [-0.05, 0) is 37.1 Å². The van der Waals surface area contributed by atoms with E-state index in [9.17, 15) is 9.59 Å². The van der Waals surface area contributed by atoms with Gasteiger partial charge in [0.1, 0.15) is 5.75 Å². The highest BCUT2D eigenvalue weighted by molar-refractivity contribution is 6.16. The topological polar surface area (TPSA) is 49.9 Å². The zero-order valence-corrected chi connectivity index (χ0v) is 17.8. The van der Waals surface area contributed by atoms with E-state index in [1.807, 2.05) is 85.8 Å². The summed E-state index contributed by atoms with van der Waals surface area (Å²) in [5.41, 5.74) is 1.05. The van der Waals surface area contributed by atoms with Gasteiger partial charge < -0.3 is 14.5 Å². The summed E-state index contributed by atoms with van der Waals surface area (Å²) in [5, 5.41) is 0. The number of hydrogen-bond donors (Lipinski definition) is 0. The first-order valence-corrected chi connectivity index (χ1v) is 10.5. The highest BCUT2D eigenvalue weighted by Gasteiger charge is 2.52. The van der Waals surface area contributed by atoms with Gasteiger partial charge in [-0.1, -0.05) is 72.8 Å². The monoisotopic (exact) mass is 414 g/mol. The van der Waals surface area contributed by atoms with Gasteiger partial charge in [-0.15, -0.1) is 0 Å². The third-order valence-corrected chi connectivity index (χ3v) is 5.57. The van der Waals surface area contributed by atoms with Gasteiger partial charge in [-0.25, -0.2) is 0 Å². The van der Waals surface area contributed by atoms with E-state index >= 15 is 0 Å². The minimum absolute atomic E-state index is 0.343. The van der Waals surface area contributed by atoms with Crippen molar-refractivity contribution in [2.75, 3.05) is 11.4 Å². The summed E-state index contributed by atoms with van der Waals surface area (Å²) in [6, 6.07) is 26.9. The molecule has 0 aliphatic carbocycles. The van der Waals surface area contributed by atoms with E-state index in [1.165, 1.54) is 0 Å². The average molecular weight is 415 g/mol. The largest absolute Gasteiger partial charge is 0.465 e. The molecule has 31 heavy (non-hydrogen) atoms. The molecule has 5 heteroatoms. The predicted octanol–water partition coefficient (Wildman–Crippen LogP) is 4.42. The number of para-hydroxylation sites is 2. The van der Waals surface area contributed by atoms with Gasteiger partial charge in [0, 0.05) is 19.6 Å². The summed E-state index contributed by atoms with van der Waals surface area (Å²) in [4.78, 5) is 30.6. The van der Waals surface area contributed by atoms with Crippen LogP contribution in [0.2, 0.25) is 0 Å². The molecule has 0 radical (unpaired) electrons. The van der Waals surface area contributed by atoms with E-state index in [0.717, 1.165) is 11.1 Å². The minimum Gasteiger partial charge on any atom is -0.465 e. The van der Waals surface area contributed by atoms with Crippen LogP contribution in [0.25, 0.3) is 0 Å². The van der Waals surface area contributed by atoms with Gasteiger partial charge in [0.15, 0.2) is 0 Å². The van der Waals surface area contributed by atoms with Crippen molar-refractivity contribution in [3.05, 3.63) is 96.1 Å². The molecular weight excluding hydrogens is 388 g/mol. The van der Waals surface area contributed by atoms with E-state index < -0.39 is 5.60 Å². The van der Waals surface area contributed by atoms with Gasteiger partial charge >= 0.3 is 0 Å². The van der Waals surface area contributed by atoms with E-state index in [4.69, 9.17) is 4.74 Å². The second-order valence-corrected chi connectivity index (χ2v) is 7.78. The van der Waals surface area contributed by atoms with E-state index in [0.29, 0.717) is 31.1 Å². The molecule has 1 aliphatic heterocycles. The van der Waals surface area contributed by atoms with Crippen LogP contribution in [0.5, 0.6) is 5.75 Å². The first-order chi connectivity index (χ1) is 15.0. The van der Waals surface area contributed by atoms with Crippen molar-refractivity contribution in [3.63, 3.8) is 0 Å². The fourth-order valence-electron chi connectivity index (χ4n) is 3.95. The van der Waals surface area contributed by atoms with Crippen LogP contribution in [0.3, 0.4) is 0 Å². The van der Waals surface area contributed by atoms with Gasteiger partial charge in [-0.2, -0.15) is 0 Å². The summed E-state index contributed by atoms with van der Waals surface area (Å²) in [7, 11) is 0. The Balaban J connectivity index is 1.70. The number of benzene rings is 3. The Morgan fingerprint density at radius 1 is 0.871 bits per heavy atom. The fourth-order valence-corrected chi connectivity index (χ4v) is 3.95. The summed E-state index contributed by atoms with van der Waals surface area (Å²) in [5.74, 6) is -0.151. The zero-order chi connectivity index (χ0) is 21.8. The Morgan fingerprint density at radius 3 is 1.94 bits per heavy atom. The number of nitrogens with zero attached hydrogens (tertiary/aromatic N) is 2. The summed E-state index contributed by atoms with van der Waals surface area (Å²) in [6.45, 7) is 4.71. The van der Waals surface area contributed by atoms with Gasteiger partial charge in [0.2, 0.25) is 0 Å². The van der Waals surface area contributed by atoms with Crippen molar-refractivity contribution in [2.24, 2.45) is 0 Å². The average Bonchev–Trinajstić information content (AvgIpc) is 2.80. The molecule has 0 spiro atoms. The lowest BCUT2D eigenvalue weighted by Crippen LogP contribution is -2.62. The number of likely N-dealkylation sites (N-methyl/N-ethyl adjacent to an activating group) is 1. The van der Waals surface area contributed by atoms with Crippen LogP contribution in [-0.4, -0.2) is 28.9 Å². The molecule has 3 aromatic rings. The normalized spacial score (nSPS) is 17.6. The lowest BCUT2D eigenvalue weighted by atomic mass is 9.98. The molecule has 3 aromatic carbocycles. The highest BCUT2D eigenvalue weighted by Crippen LogP contribution is 2.38. The molecule has 1 atom stereocenters. The van der Waals surface area contributed by atoms with Crippen molar-refractivity contribution in [3.8, 4) is 5.75 Å². The molecule has 0 saturated carbocycles. The maximum absolute atomic E-state index is 13.9. The summed E-state index contributed by atoms with van der Waals surface area (Å²) in [6.07, 6.45) is 0. The molecule has 4 rings (SSSR count). The second kappa shape index (κ2) is 8.64. The maximum atomic E-state index is 13.9. The van der Waals surface area contributed by atoms with E-state index in [1.54, 1.807) is 22.8 Å². The second-order valence-electron chi connectivity index (χ2n) is 7.78. The Labute approximate surface area is 182 Å². The number of ether oxygens (including phenoxy) is 1. The highest BCUT2D eigenvalue weighted by atomic mass is 16.5. The first kappa shape index (κ1) is 20.7. The number of rotatable bonds is 6. The number of anilines is 1. The van der Waals surface area contributed by atoms with Crippen LogP contribution in [0, 0.1) is 0 Å². The number of fused-ring (bicyclic) bond motifs is 1. The van der Waals surface area contributed by atoms with E-state index in [-0.39, 0.29) is 11.8 Å². The first-order valence-electron chi connectivity index (χ1n) is 10.5. The maximum Gasteiger partial charge on any atom is 0.280 e. The van der Waals surface area contributed by atoms with Crippen LogP contribution < -0.4 is 9.64 Å². The Hall–Kier alpha value is -3.60. The van der Waals surface area contributed by atoms with Crippen molar-refractivity contribution in [1.29, 1.82) is 0 Å². The van der Waals surface area contributed by atoms with Crippen LogP contribution >= 0.6 is 0 Å². The Morgan fingerprint density at radius 2 is 1.39 bits per heavy atom. The molecular formula is C26H26N2O3. The number of carbonyl (C=O) groups excluding carboxylic acids is 2. The lowest BCUT2D eigenvalue weighted by molar-refractivity contribution is -0.157. The molecule has 1 heterocycles. The molecule has 0 N–H and O–H groups in total. The van der Waals surface area contributed by atoms with Gasteiger partial charge in [0.25, 0.3) is 17.4 Å². The van der Waals surface area contributed by atoms with Crippen LogP contribution in [0.15, 0.2) is 84.9 Å². The number of amides is 2. The lowest BCUT2D eigenvalue weighted by Gasteiger charge is -2.41. The molecule has 158 valence electrons. The SMILES string of the molecule is CCN1C(=O)C(C)(C(=O)N(Cc2ccccc2)Cc2ccccc2)Oc2ccccc21. The van der Waals surface area contributed by atoms with Crippen molar-refractivity contribution >= 4 is 17.5 Å². The Bertz CT molecular complexity index is 1030. The summed E-state index contributed by atoms with van der Waals surface area (Å²) >= 11 is 0. The quantitative estimate of drug-likeness (QED) is 0.561. The standard InChI is InChI=1S/C26H26N2O3/c1-3-28-22-16-10-11-17-23(22)31-26(2,25(28)30)24(29)27(18-20-12-6-4-7-13-20)19-21-14-8-5-9-15-21/h4-17H,3,18-19H2,1-2H3. The molecule has 5 nitrogen and oxygen atoms in total. The molecule has 0 aromatic heterocycles. The van der Waals surface area contributed by atoms with Crippen molar-refractivity contribution in [2.45, 2.75) is 32.5 Å². The molecule has 2 amide bonds. The van der Waals surface area contributed by atoms with Crippen molar-refractivity contribution in [1.82, 2.24) is 4.90 Å². The number of carbonyl (C=O) groups is 2. The third kappa shape index (κ3) is 4.04. The Kier molecular flexibility index (Phi) is 5.76. The van der Waals surface area contributed by atoms with Gasteiger partial charge in [-0.3, -0.25) is 9.59 Å². The van der Waals surface area contributed by atoms with E-state index in [2.05, 4.69) is 0 Å². The van der Waals surface area contributed by atoms with Crippen molar-refractivity contribution < 1.29 is 14.3 Å². The van der Waals surface area contributed by atoms with Crippen LogP contribution in [-0.2, 0) is 22.7 Å². The summed E-state index contributed by atoms with van der Waals surface area (Å²) < 4.78 is 6.10. The van der Waals surface area contributed by atoms with Gasteiger partial charge in [0.05, 0.1) is 5.69 Å². The molecule has 0 saturated heterocycles. The molecule has 0 bridgehead atoms. The molecule has 0 fully saturated rings. The van der Waals surface area contributed by atoms with Crippen LogP contribution in [0.1, 0.15) is 25.0 Å². The van der Waals surface area contributed by atoms with Crippen LogP contribution in [0.4, 0.5) is 5.69 Å². The minimum atomic E-state index is -1.63. The molecule has 1 aliphatic rings. The smallest absolute Gasteiger partial charge is 0.280 e. The predicted molar refractivity (Wildman–Crippen MR) is 121 cm³/mol. The number of hydrogen-bond acceptors (Lipinski definition) is 3. The molecule has 1 unspecified atom stereocenters. The third-order valence-electron chi connectivity index (χ3n) is 5.57. The zero-order valence-electron chi connectivity index (χ0n) is 17.8. The fraction of sp³-hybridized carbons (Fsp3) is 0.231.